The third-order valence-electron chi connectivity index (χ3n) is 3.64. The van der Waals surface area contributed by atoms with Crippen molar-refractivity contribution in [3.63, 3.8) is 0 Å². The molecule has 1 atom stereocenters. The minimum atomic E-state index is -0.194. The molecule has 0 radical (unpaired) electrons. The van der Waals surface area contributed by atoms with Crippen LogP contribution in [0.4, 0.5) is 5.69 Å². The number of hydrogen-bond acceptors (Lipinski definition) is 3. The van der Waals surface area contributed by atoms with Crippen LogP contribution in [0.1, 0.15) is 30.4 Å². The molecule has 0 saturated carbocycles. The van der Waals surface area contributed by atoms with Crippen LogP contribution in [0, 0.1) is 0 Å². The summed E-state index contributed by atoms with van der Waals surface area (Å²) in [4.78, 5) is 12.5. The second-order valence-electron chi connectivity index (χ2n) is 5.05. The Bertz CT molecular complexity index is 625. The molecule has 0 heterocycles. The average Bonchev–Trinajstić information content (AvgIpc) is 2.56. The summed E-state index contributed by atoms with van der Waals surface area (Å²) in [6.45, 7) is 1.85. The van der Waals surface area contributed by atoms with Gasteiger partial charge in [-0.2, -0.15) is 0 Å². The molecule has 0 saturated heterocycles. The van der Waals surface area contributed by atoms with E-state index in [9.17, 15) is 9.90 Å². The van der Waals surface area contributed by atoms with E-state index in [-0.39, 0.29) is 18.4 Å². The van der Waals surface area contributed by atoms with Gasteiger partial charge in [-0.05, 0) is 30.2 Å². The summed E-state index contributed by atoms with van der Waals surface area (Å²) in [5.74, 6) is 0.360. The van der Waals surface area contributed by atoms with Crippen molar-refractivity contribution in [3.8, 4) is 5.75 Å². The fourth-order valence-electron chi connectivity index (χ4n) is 2.47. The summed E-state index contributed by atoms with van der Waals surface area (Å²) in [6.07, 6.45) is 0.721. The van der Waals surface area contributed by atoms with Crippen molar-refractivity contribution in [1.29, 1.82) is 0 Å². The van der Waals surface area contributed by atoms with Crippen molar-refractivity contribution in [2.45, 2.75) is 25.9 Å². The van der Waals surface area contributed by atoms with Crippen molar-refractivity contribution in [3.05, 3.63) is 59.7 Å². The molecule has 1 unspecified atom stereocenters. The molecule has 22 heavy (non-hydrogen) atoms. The predicted octanol–water partition coefficient (Wildman–Crippen LogP) is 3.32. The van der Waals surface area contributed by atoms with Gasteiger partial charge < -0.3 is 15.2 Å². The van der Waals surface area contributed by atoms with Gasteiger partial charge in [0, 0.05) is 11.3 Å². The number of amides is 1. The van der Waals surface area contributed by atoms with Crippen LogP contribution in [0.25, 0.3) is 0 Å². The number of hydrogen-bond donors (Lipinski definition) is 2. The fourth-order valence-corrected chi connectivity index (χ4v) is 2.47. The SMILES string of the molecule is CCC(C(=O)Nc1ccc(OC)c(CO)c1)c1ccccc1. The first-order valence-corrected chi connectivity index (χ1v) is 7.33. The van der Waals surface area contributed by atoms with Gasteiger partial charge in [0.2, 0.25) is 5.91 Å². The lowest BCUT2D eigenvalue weighted by Gasteiger charge is -2.16. The molecule has 116 valence electrons. The van der Waals surface area contributed by atoms with Crippen LogP contribution in [-0.2, 0) is 11.4 Å². The van der Waals surface area contributed by atoms with Gasteiger partial charge in [0.05, 0.1) is 19.6 Å². The third-order valence-corrected chi connectivity index (χ3v) is 3.64. The van der Waals surface area contributed by atoms with E-state index in [1.807, 2.05) is 37.3 Å². The lowest BCUT2D eigenvalue weighted by molar-refractivity contribution is -0.117. The maximum atomic E-state index is 12.5. The van der Waals surface area contributed by atoms with Crippen molar-refractivity contribution in [1.82, 2.24) is 0 Å². The van der Waals surface area contributed by atoms with Gasteiger partial charge in [0.1, 0.15) is 5.75 Å². The van der Waals surface area contributed by atoms with E-state index in [1.165, 1.54) is 0 Å². The zero-order valence-electron chi connectivity index (χ0n) is 12.9. The maximum absolute atomic E-state index is 12.5. The number of benzene rings is 2. The van der Waals surface area contributed by atoms with Crippen molar-refractivity contribution < 1.29 is 14.6 Å². The van der Waals surface area contributed by atoms with Gasteiger partial charge in [-0.15, -0.1) is 0 Å². The molecule has 2 aromatic carbocycles. The highest BCUT2D eigenvalue weighted by Gasteiger charge is 2.18. The summed E-state index contributed by atoms with van der Waals surface area (Å²) in [6, 6.07) is 15.0. The second-order valence-corrected chi connectivity index (χ2v) is 5.05. The molecular weight excluding hydrogens is 278 g/mol. The van der Waals surface area contributed by atoms with Crippen LogP contribution in [0.15, 0.2) is 48.5 Å². The first-order chi connectivity index (χ1) is 10.7. The normalized spacial score (nSPS) is 11.8. The van der Waals surface area contributed by atoms with Crippen LogP contribution in [0.3, 0.4) is 0 Å². The number of ether oxygens (including phenoxy) is 1. The minimum Gasteiger partial charge on any atom is -0.496 e. The molecule has 0 bridgehead atoms. The zero-order chi connectivity index (χ0) is 15.9. The van der Waals surface area contributed by atoms with E-state index in [0.29, 0.717) is 17.0 Å². The van der Waals surface area contributed by atoms with E-state index in [2.05, 4.69) is 5.32 Å². The van der Waals surface area contributed by atoms with Crippen molar-refractivity contribution >= 4 is 11.6 Å². The maximum Gasteiger partial charge on any atom is 0.231 e. The van der Waals surface area contributed by atoms with Crippen LogP contribution in [0.5, 0.6) is 5.75 Å². The molecule has 2 aromatic rings. The van der Waals surface area contributed by atoms with Crippen LogP contribution in [0.2, 0.25) is 0 Å². The Labute approximate surface area is 130 Å². The molecule has 0 aliphatic rings. The molecule has 0 aliphatic carbocycles. The number of rotatable bonds is 6. The van der Waals surface area contributed by atoms with Crippen LogP contribution >= 0.6 is 0 Å². The Morgan fingerprint density at radius 3 is 2.55 bits per heavy atom. The highest BCUT2D eigenvalue weighted by molar-refractivity contribution is 5.96. The van der Waals surface area contributed by atoms with Gasteiger partial charge in [0.25, 0.3) is 0 Å². The van der Waals surface area contributed by atoms with Gasteiger partial charge in [-0.1, -0.05) is 37.3 Å². The monoisotopic (exact) mass is 299 g/mol. The Hall–Kier alpha value is -2.33. The largest absolute Gasteiger partial charge is 0.496 e. The van der Waals surface area contributed by atoms with Gasteiger partial charge >= 0.3 is 0 Å². The van der Waals surface area contributed by atoms with Crippen LogP contribution < -0.4 is 10.1 Å². The molecule has 0 spiro atoms. The molecule has 4 heteroatoms. The Morgan fingerprint density at radius 2 is 1.95 bits per heavy atom. The zero-order valence-corrected chi connectivity index (χ0v) is 12.9. The predicted molar refractivity (Wildman–Crippen MR) is 87.0 cm³/mol. The molecule has 0 fully saturated rings. The first kappa shape index (κ1) is 16.0. The molecular formula is C18H21NO3. The van der Waals surface area contributed by atoms with E-state index in [4.69, 9.17) is 4.74 Å². The standard InChI is InChI=1S/C18H21NO3/c1-3-16(13-7-5-4-6-8-13)18(21)19-15-9-10-17(22-2)14(11-15)12-20/h4-11,16,20H,3,12H2,1-2H3,(H,19,21). The average molecular weight is 299 g/mol. The van der Waals surface area contributed by atoms with Crippen molar-refractivity contribution in [2.75, 3.05) is 12.4 Å². The Kier molecular flexibility index (Phi) is 5.55. The number of nitrogens with one attached hydrogen (secondary N) is 1. The molecule has 0 aliphatic heterocycles. The van der Waals surface area contributed by atoms with Crippen molar-refractivity contribution in [2.24, 2.45) is 0 Å². The summed E-state index contributed by atoms with van der Waals surface area (Å²) in [5.41, 5.74) is 2.30. The summed E-state index contributed by atoms with van der Waals surface area (Å²) >= 11 is 0. The summed E-state index contributed by atoms with van der Waals surface area (Å²) in [7, 11) is 1.55. The number of aliphatic hydroxyl groups excluding tert-OH is 1. The molecule has 2 N–H and O–H groups in total. The highest BCUT2D eigenvalue weighted by atomic mass is 16.5. The number of aliphatic hydroxyl groups is 1. The van der Waals surface area contributed by atoms with E-state index < -0.39 is 0 Å². The number of methoxy groups -OCH3 is 1. The fraction of sp³-hybridized carbons (Fsp3) is 0.278. The number of anilines is 1. The molecule has 4 nitrogen and oxygen atoms in total. The Morgan fingerprint density at radius 1 is 1.23 bits per heavy atom. The van der Waals surface area contributed by atoms with Gasteiger partial charge in [-0.25, -0.2) is 0 Å². The van der Waals surface area contributed by atoms with Gasteiger partial charge in [0.15, 0.2) is 0 Å². The van der Waals surface area contributed by atoms with E-state index in [0.717, 1.165) is 12.0 Å². The number of carbonyl (C=O) groups excluding carboxylic acids is 1. The summed E-state index contributed by atoms with van der Waals surface area (Å²) < 4.78 is 5.16. The molecule has 0 aromatic heterocycles. The topological polar surface area (TPSA) is 58.6 Å². The second kappa shape index (κ2) is 7.61. The minimum absolute atomic E-state index is 0.0530. The van der Waals surface area contributed by atoms with Crippen LogP contribution in [-0.4, -0.2) is 18.1 Å². The van der Waals surface area contributed by atoms with E-state index >= 15 is 0 Å². The smallest absolute Gasteiger partial charge is 0.231 e. The van der Waals surface area contributed by atoms with Gasteiger partial charge in [-0.3, -0.25) is 4.79 Å². The first-order valence-electron chi connectivity index (χ1n) is 7.33. The lowest BCUT2D eigenvalue weighted by Crippen LogP contribution is -2.20. The lowest BCUT2D eigenvalue weighted by atomic mass is 9.95. The number of carbonyl (C=O) groups is 1. The molecule has 2 rings (SSSR count). The highest BCUT2D eigenvalue weighted by Crippen LogP contribution is 2.25. The summed E-state index contributed by atoms with van der Waals surface area (Å²) in [5, 5.41) is 12.3. The third kappa shape index (κ3) is 3.65. The molecule has 1 amide bonds. The Balaban J connectivity index is 2.17. The van der Waals surface area contributed by atoms with E-state index in [1.54, 1.807) is 25.3 Å². The quantitative estimate of drug-likeness (QED) is 0.860.